The summed E-state index contributed by atoms with van der Waals surface area (Å²) in [5, 5.41) is 2.70. The van der Waals surface area contributed by atoms with Crippen LogP contribution in [0, 0.1) is 11.7 Å². The van der Waals surface area contributed by atoms with E-state index in [1.165, 1.54) is 25.1 Å². The number of halogens is 4. The molecule has 1 fully saturated rings. The van der Waals surface area contributed by atoms with Crippen molar-refractivity contribution in [3.05, 3.63) is 58.5 Å². The number of benzene rings is 1. The van der Waals surface area contributed by atoms with E-state index >= 15 is 0 Å². The highest BCUT2D eigenvalue weighted by Gasteiger charge is 2.34. The second-order valence-corrected chi connectivity index (χ2v) is 13.1. The molecule has 0 radical (unpaired) electrons. The lowest BCUT2D eigenvalue weighted by molar-refractivity contribution is -0.141. The third-order valence-corrected chi connectivity index (χ3v) is 7.78. The molecule has 1 unspecified atom stereocenters. The van der Waals surface area contributed by atoms with Gasteiger partial charge in [0.1, 0.15) is 22.9 Å². The van der Waals surface area contributed by atoms with E-state index in [0.717, 1.165) is 25.0 Å². The quantitative estimate of drug-likeness (QED) is 0.341. The molecule has 1 aromatic heterocycles. The molecule has 2 amide bonds. The fourth-order valence-corrected chi connectivity index (χ4v) is 5.03. The standard InChI is InChI=1S/C28H37F4N5O5S/c1-17-10-12-37(13-11-17)24-21(8-9-23(35-24)28(30,31)32)15-33-25(38)18(2)19-6-7-20(22(29)14-19)16-34-43(40,41)36-26(39)42-27(3,4)5/h6-9,14,17-18,34H,10-13,15-16H2,1-5H3,(H,33,38)(H,36,39). The van der Waals surface area contributed by atoms with Crippen molar-refractivity contribution in [1.29, 1.82) is 0 Å². The van der Waals surface area contributed by atoms with Crippen LogP contribution in [0.5, 0.6) is 0 Å². The monoisotopic (exact) mass is 631 g/mol. The molecule has 1 aliphatic rings. The second-order valence-electron chi connectivity index (χ2n) is 11.6. The van der Waals surface area contributed by atoms with E-state index in [1.54, 1.807) is 30.4 Å². The van der Waals surface area contributed by atoms with Crippen molar-refractivity contribution in [1.82, 2.24) is 19.7 Å². The van der Waals surface area contributed by atoms with Crippen molar-refractivity contribution in [3.63, 3.8) is 0 Å². The van der Waals surface area contributed by atoms with Gasteiger partial charge in [-0.3, -0.25) is 4.79 Å². The van der Waals surface area contributed by atoms with E-state index in [1.807, 2.05) is 0 Å². The smallest absolute Gasteiger partial charge is 0.433 e. The molecule has 43 heavy (non-hydrogen) atoms. The van der Waals surface area contributed by atoms with Crippen LogP contribution in [0.3, 0.4) is 0 Å². The van der Waals surface area contributed by atoms with E-state index in [9.17, 15) is 35.6 Å². The number of anilines is 1. The first-order chi connectivity index (χ1) is 19.8. The molecule has 1 saturated heterocycles. The van der Waals surface area contributed by atoms with Gasteiger partial charge in [0.05, 0.1) is 5.92 Å². The molecule has 1 atom stereocenters. The number of ether oxygens (including phenoxy) is 1. The molecule has 2 heterocycles. The van der Waals surface area contributed by atoms with Crippen LogP contribution in [0.4, 0.5) is 28.2 Å². The first-order valence-electron chi connectivity index (χ1n) is 13.7. The third kappa shape index (κ3) is 10.1. The molecule has 1 aromatic carbocycles. The van der Waals surface area contributed by atoms with Gasteiger partial charge in [-0.15, -0.1) is 0 Å². The van der Waals surface area contributed by atoms with Crippen LogP contribution in [0.25, 0.3) is 0 Å². The Hall–Kier alpha value is -3.46. The Kier molecular flexibility index (Phi) is 10.6. The molecule has 0 saturated carbocycles. The summed E-state index contributed by atoms with van der Waals surface area (Å²) in [6, 6.07) is 6.04. The minimum Gasteiger partial charge on any atom is -0.443 e. The number of aromatic nitrogens is 1. The van der Waals surface area contributed by atoms with Crippen LogP contribution in [-0.4, -0.2) is 44.1 Å². The number of piperidine rings is 1. The molecule has 3 N–H and O–H groups in total. The van der Waals surface area contributed by atoms with Crippen molar-refractivity contribution < 1.29 is 40.3 Å². The first-order valence-corrected chi connectivity index (χ1v) is 15.2. The average molecular weight is 632 g/mol. The van der Waals surface area contributed by atoms with Crippen molar-refractivity contribution in [2.45, 2.75) is 78.2 Å². The molecule has 10 nitrogen and oxygen atoms in total. The van der Waals surface area contributed by atoms with E-state index in [-0.39, 0.29) is 17.9 Å². The molecular weight excluding hydrogens is 594 g/mol. The minimum absolute atomic E-state index is 0.0396. The summed E-state index contributed by atoms with van der Waals surface area (Å²) in [7, 11) is -4.34. The summed E-state index contributed by atoms with van der Waals surface area (Å²) < 4.78 is 87.8. The topological polar surface area (TPSA) is 130 Å². The SMILES string of the molecule is CC1CCN(c2nc(C(F)(F)F)ccc2CNC(=O)C(C)c2ccc(CNS(=O)(=O)NC(=O)OC(C)(C)C)c(F)c2)CC1. The third-order valence-electron chi connectivity index (χ3n) is 6.82. The summed E-state index contributed by atoms with van der Waals surface area (Å²) in [5.74, 6) is -1.49. The Labute approximate surface area is 248 Å². The van der Waals surface area contributed by atoms with Gasteiger partial charge in [0.25, 0.3) is 0 Å². The number of pyridine rings is 1. The molecule has 15 heteroatoms. The highest BCUT2D eigenvalue weighted by molar-refractivity contribution is 7.88. The minimum atomic E-state index is -4.61. The summed E-state index contributed by atoms with van der Waals surface area (Å²) in [5.41, 5.74) is -1.25. The maximum Gasteiger partial charge on any atom is 0.433 e. The fourth-order valence-electron chi connectivity index (χ4n) is 4.35. The molecule has 0 bridgehead atoms. The second kappa shape index (κ2) is 13.5. The lowest BCUT2D eigenvalue weighted by atomic mass is 9.98. The van der Waals surface area contributed by atoms with Crippen LogP contribution in [-0.2, 0) is 39.0 Å². The number of hydrogen-bond donors (Lipinski definition) is 3. The Bertz CT molecular complexity index is 1420. The Balaban J connectivity index is 1.65. The zero-order chi connectivity index (χ0) is 32.2. The van der Waals surface area contributed by atoms with Crippen LogP contribution < -0.4 is 19.7 Å². The Morgan fingerprint density at radius 3 is 2.28 bits per heavy atom. The van der Waals surface area contributed by atoms with Crippen molar-refractivity contribution in [2.24, 2.45) is 5.92 Å². The maximum absolute atomic E-state index is 14.8. The lowest BCUT2D eigenvalue weighted by Gasteiger charge is -2.33. The molecule has 0 aliphatic carbocycles. The average Bonchev–Trinajstić information content (AvgIpc) is 2.89. The summed E-state index contributed by atoms with van der Waals surface area (Å²) in [6.45, 7) is 8.83. The van der Waals surface area contributed by atoms with Gasteiger partial charge in [-0.05, 0) is 64.2 Å². The fraction of sp³-hybridized carbons (Fsp3) is 0.536. The Morgan fingerprint density at radius 1 is 1.07 bits per heavy atom. The zero-order valence-corrected chi connectivity index (χ0v) is 25.5. The van der Waals surface area contributed by atoms with Crippen molar-refractivity contribution >= 4 is 28.0 Å². The number of amides is 2. The number of carbonyl (C=O) groups is 2. The molecular formula is C28H37F4N5O5S. The number of carbonyl (C=O) groups excluding carboxylic acids is 2. The molecule has 2 aromatic rings. The van der Waals surface area contributed by atoms with Crippen LogP contribution >= 0.6 is 0 Å². The van der Waals surface area contributed by atoms with Gasteiger partial charge in [-0.2, -0.15) is 26.3 Å². The Morgan fingerprint density at radius 2 is 1.70 bits per heavy atom. The van der Waals surface area contributed by atoms with E-state index in [2.05, 4.69) is 21.9 Å². The van der Waals surface area contributed by atoms with Crippen LogP contribution in [0.15, 0.2) is 30.3 Å². The van der Waals surface area contributed by atoms with Crippen molar-refractivity contribution in [2.75, 3.05) is 18.0 Å². The summed E-state index contributed by atoms with van der Waals surface area (Å²) in [6.07, 6.45) is -4.19. The first kappa shape index (κ1) is 34.0. The van der Waals surface area contributed by atoms with Crippen molar-refractivity contribution in [3.8, 4) is 0 Å². The van der Waals surface area contributed by atoms with Crippen LogP contribution in [0.2, 0.25) is 0 Å². The number of nitrogens with zero attached hydrogens (tertiary/aromatic N) is 2. The van der Waals surface area contributed by atoms with Crippen LogP contribution in [0.1, 0.15) is 75.8 Å². The maximum atomic E-state index is 14.8. The molecule has 0 spiro atoms. The number of hydrogen-bond acceptors (Lipinski definition) is 7. The zero-order valence-electron chi connectivity index (χ0n) is 24.6. The number of alkyl halides is 3. The lowest BCUT2D eigenvalue weighted by Crippen LogP contribution is -2.42. The highest BCUT2D eigenvalue weighted by atomic mass is 32.2. The molecule has 3 rings (SSSR count). The van der Waals surface area contributed by atoms with Gasteiger partial charge >= 0.3 is 22.5 Å². The van der Waals surface area contributed by atoms with Gasteiger partial charge in [0.15, 0.2) is 0 Å². The number of nitrogens with one attached hydrogen (secondary N) is 3. The largest absolute Gasteiger partial charge is 0.443 e. The predicted molar refractivity (Wildman–Crippen MR) is 152 cm³/mol. The summed E-state index contributed by atoms with van der Waals surface area (Å²) >= 11 is 0. The molecule has 238 valence electrons. The van der Waals surface area contributed by atoms with Gasteiger partial charge < -0.3 is 15.0 Å². The van der Waals surface area contributed by atoms with Gasteiger partial charge in [-0.25, -0.2) is 18.9 Å². The van der Waals surface area contributed by atoms with Gasteiger partial charge in [-0.1, -0.05) is 25.1 Å². The van der Waals surface area contributed by atoms with Gasteiger partial charge in [0.2, 0.25) is 5.91 Å². The van der Waals surface area contributed by atoms with E-state index in [4.69, 9.17) is 4.74 Å². The summed E-state index contributed by atoms with van der Waals surface area (Å²) in [4.78, 5) is 30.3. The predicted octanol–water partition coefficient (Wildman–Crippen LogP) is 4.75. The van der Waals surface area contributed by atoms with Gasteiger partial charge in [0, 0.05) is 37.3 Å². The van der Waals surface area contributed by atoms with E-state index < -0.39 is 58.0 Å². The normalized spacial score (nSPS) is 15.6. The molecule has 1 aliphatic heterocycles. The highest BCUT2D eigenvalue weighted by Crippen LogP contribution is 2.32. The number of rotatable bonds is 9. The van der Waals surface area contributed by atoms with E-state index in [0.29, 0.717) is 30.1 Å².